The second-order valence-electron chi connectivity index (χ2n) is 4.30. The first-order valence-corrected chi connectivity index (χ1v) is 6.75. The Morgan fingerprint density at radius 3 is 2.80 bits per heavy atom. The quantitative estimate of drug-likeness (QED) is 0.676. The van der Waals surface area contributed by atoms with E-state index in [4.69, 9.17) is 4.42 Å². The van der Waals surface area contributed by atoms with E-state index in [-0.39, 0.29) is 17.8 Å². The number of Topliss-reactive ketones (excluding diaryl/α,β-unsaturated/α-hetero) is 1. The molecule has 20 heavy (non-hydrogen) atoms. The van der Waals surface area contributed by atoms with Crippen LogP contribution in [0.25, 0.3) is 11.1 Å². The molecule has 0 aliphatic heterocycles. The molecule has 0 N–H and O–H groups in total. The average Bonchev–Trinajstić information content (AvgIpc) is 2.80. The van der Waals surface area contributed by atoms with E-state index in [1.807, 2.05) is 12.1 Å². The molecule has 1 heterocycles. The van der Waals surface area contributed by atoms with Gasteiger partial charge in [-0.3, -0.25) is 4.79 Å². The molecule has 0 spiro atoms. The highest BCUT2D eigenvalue weighted by Crippen LogP contribution is 2.19. The van der Waals surface area contributed by atoms with Gasteiger partial charge in [-0.2, -0.15) is 0 Å². The Bertz CT molecular complexity index is 764. The van der Waals surface area contributed by atoms with Crippen LogP contribution in [0.3, 0.4) is 0 Å². The van der Waals surface area contributed by atoms with E-state index in [1.54, 1.807) is 18.2 Å². The van der Waals surface area contributed by atoms with Crippen LogP contribution in [0.5, 0.6) is 0 Å². The molecule has 0 bridgehead atoms. The summed E-state index contributed by atoms with van der Waals surface area (Å²) in [6.07, 6.45) is -0.0623. The Kier molecular flexibility index (Phi) is 3.36. The summed E-state index contributed by atoms with van der Waals surface area (Å²) in [5.41, 5.74) is 1.34. The summed E-state index contributed by atoms with van der Waals surface area (Å²) in [6.45, 7) is 0. The second kappa shape index (κ2) is 5.17. The third-order valence-electron chi connectivity index (χ3n) is 2.88. The molecule has 3 aromatic rings. The van der Waals surface area contributed by atoms with Crippen molar-refractivity contribution < 1.29 is 13.6 Å². The van der Waals surface area contributed by atoms with Gasteiger partial charge in [0, 0.05) is 4.47 Å². The highest BCUT2D eigenvalue weighted by molar-refractivity contribution is 9.10. The van der Waals surface area contributed by atoms with Gasteiger partial charge in [-0.15, -0.1) is 0 Å². The number of carbonyl (C=O) groups is 1. The maximum atomic E-state index is 13.7. The van der Waals surface area contributed by atoms with Crippen LogP contribution in [0, 0.1) is 5.82 Å². The van der Waals surface area contributed by atoms with Crippen LogP contribution in [-0.2, 0) is 6.42 Å². The van der Waals surface area contributed by atoms with Gasteiger partial charge in [0.15, 0.2) is 11.4 Å². The summed E-state index contributed by atoms with van der Waals surface area (Å²) in [5.74, 6) is -0.624. The lowest BCUT2D eigenvalue weighted by Crippen LogP contribution is -2.06. The first-order valence-electron chi connectivity index (χ1n) is 5.96. The Morgan fingerprint density at radius 2 is 2.05 bits per heavy atom. The lowest BCUT2D eigenvalue weighted by atomic mass is 10.1. The monoisotopic (exact) mass is 333 g/mol. The van der Waals surface area contributed by atoms with Crippen molar-refractivity contribution in [3.05, 3.63) is 64.2 Å². The molecule has 0 saturated heterocycles. The lowest BCUT2D eigenvalue weighted by molar-refractivity contribution is 0.0982. The number of para-hydroxylation sites is 2. The van der Waals surface area contributed by atoms with Gasteiger partial charge in [0.05, 0.1) is 12.0 Å². The Morgan fingerprint density at radius 1 is 1.25 bits per heavy atom. The van der Waals surface area contributed by atoms with Crippen LogP contribution < -0.4 is 0 Å². The molecule has 0 amide bonds. The minimum atomic E-state index is -0.555. The number of benzene rings is 2. The zero-order valence-corrected chi connectivity index (χ0v) is 11.9. The fourth-order valence-electron chi connectivity index (χ4n) is 1.94. The average molecular weight is 334 g/mol. The molecule has 0 saturated carbocycles. The predicted octanol–water partition coefficient (Wildman–Crippen LogP) is 4.15. The minimum absolute atomic E-state index is 0.0375. The highest BCUT2D eigenvalue weighted by atomic mass is 79.9. The Hall–Kier alpha value is -2.01. The molecule has 1 aromatic heterocycles. The van der Waals surface area contributed by atoms with Gasteiger partial charge >= 0.3 is 0 Å². The number of hydrogen-bond acceptors (Lipinski definition) is 3. The molecule has 5 heteroatoms. The SMILES string of the molecule is O=C(Cc1nc2ccccc2o1)c1ccc(Br)cc1F. The van der Waals surface area contributed by atoms with Gasteiger partial charge in [0.2, 0.25) is 5.89 Å². The number of ketones is 1. The normalized spacial score (nSPS) is 10.9. The maximum absolute atomic E-state index is 13.7. The van der Waals surface area contributed by atoms with Crippen molar-refractivity contribution in [1.82, 2.24) is 4.98 Å². The summed E-state index contributed by atoms with van der Waals surface area (Å²) in [6, 6.07) is 11.6. The van der Waals surface area contributed by atoms with Crippen molar-refractivity contribution in [3.8, 4) is 0 Å². The van der Waals surface area contributed by atoms with E-state index >= 15 is 0 Å². The fourth-order valence-corrected chi connectivity index (χ4v) is 2.28. The van der Waals surface area contributed by atoms with Crippen molar-refractivity contribution in [2.24, 2.45) is 0 Å². The summed E-state index contributed by atoms with van der Waals surface area (Å²) < 4.78 is 19.8. The molecular formula is C15H9BrFNO2. The van der Waals surface area contributed by atoms with E-state index in [1.165, 1.54) is 12.1 Å². The number of halogens is 2. The first-order chi connectivity index (χ1) is 9.63. The summed E-state index contributed by atoms with van der Waals surface area (Å²) in [4.78, 5) is 16.3. The number of carbonyl (C=O) groups excluding carboxylic acids is 1. The van der Waals surface area contributed by atoms with Crippen LogP contribution in [0.4, 0.5) is 4.39 Å². The third-order valence-corrected chi connectivity index (χ3v) is 3.37. The maximum Gasteiger partial charge on any atom is 0.203 e. The van der Waals surface area contributed by atoms with E-state index in [0.717, 1.165) is 0 Å². The molecule has 0 aliphatic rings. The number of hydrogen-bond donors (Lipinski definition) is 0. The molecule has 3 nitrogen and oxygen atoms in total. The first kappa shape index (κ1) is 13.0. The lowest BCUT2D eigenvalue weighted by Gasteiger charge is -2.00. The molecule has 3 rings (SSSR count). The number of nitrogens with zero attached hydrogens (tertiary/aromatic N) is 1. The molecule has 0 atom stereocenters. The van der Waals surface area contributed by atoms with Crippen molar-refractivity contribution in [3.63, 3.8) is 0 Å². The topological polar surface area (TPSA) is 43.1 Å². The van der Waals surface area contributed by atoms with E-state index < -0.39 is 5.82 Å². The molecule has 0 aliphatic carbocycles. The zero-order chi connectivity index (χ0) is 14.1. The predicted molar refractivity (Wildman–Crippen MR) is 76.1 cm³/mol. The van der Waals surface area contributed by atoms with E-state index in [9.17, 15) is 9.18 Å². The molecule has 0 radical (unpaired) electrons. The molecule has 0 unspecified atom stereocenters. The van der Waals surface area contributed by atoms with Crippen LogP contribution in [0.1, 0.15) is 16.2 Å². The number of rotatable bonds is 3. The third kappa shape index (κ3) is 2.49. The highest BCUT2D eigenvalue weighted by Gasteiger charge is 2.16. The van der Waals surface area contributed by atoms with Crippen molar-refractivity contribution in [1.29, 1.82) is 0 Å². The van der Waals surface area contributed by atoms with E-state index in [0.29, 0.717) is 21.5 Å². The van der Waals surface area contributed by atoms with Crippen molar-refractivity contribution in [2.45, 2.75) is 6.42 Å². The molecule has 0 fully saturated rings. The Labute approximate surface area is 122 Å². The van der Waals surface area contributed by atoms with Crippen LogP contribution in [0.2, 0.25) is 0 Å². The number of fused-ring (bicyclic) bond motifs is 1. The summed E-state index contributed by atoms with van der Waals surface area (Å²) >= 11 is 3.15. The van der Waals surface area contributed by atoms with Gasteiger partial charge in [-0.05, 0) is 30.3 Å². The van der Waals surface area contributed by atoms with E-state index in [2.05, 4.69) is 20.9 Å². The summed E-state index contributed by atoms with van der Waals surface area (Å²) in [7, 11) is 0. The number of aromatic nitrogens is 1. The van der Waals surface area contributed by atoms with Gasteiger partial charge in [0.1, 0.15) is 11.3 Å². The largest absolute Gasteiger partial charge is 0.440 e. The Balaban J connectivity index is 1.88. The van der Waals surface area contributed by atoms with Crippen molar-refractivity contribution in [2.75, 3.05) is 0 Å². The van der Waals surface area contributed by atoms with Crippen LogP contribution in [-0.4, -0.2) is 10.8 Å². The smallest absolute Gasteiger partial charge is 0.203 e. The molecular weight excluding hydrogens is 325 g/mol. The van der Waals surface area contributed by atoms with Gasteiger partial charge in [0.25, 0.3) is 0 Å². The standard InChI is InChI=1S/C15H9BrFNO2/c16-9-5-6-10(11(17)7-9)13(19)8-15-18-12-3-1-2-4-14(12)20-15/h1-7H,8H2. The van der Waals surface area contributed by atoms with Crippen LogP contribution >= 0.6 is 15.9 Å². The van der Waals surface area contributed by atoms with Crippen molar-refractivity contribution >= 4 is 32.8 Å². The molecule has 100 valence electrons. The number of oxazole rings is 1. The second-order valence-corrected chi connectivity index (χ2v) is 5.22. The fraction of sp³-hybridized carbons (Fsp3) is 0.0667. The summed E-state index contributed by atoms with van der Waals surface area (Å²) in [5, 5.41) is 0. The van der Waals surface area contributed by atoms with Gasteiger partial charge < -0.3 is 4.42 Å². The van der Waals surface area contributed by atoms with Gasteiger partial charge in [-0.25, -0.2) is 9.37 Å². The zero-order valence-electron chi connectivity index (χ0n) is 10.3. The van der Waals surface area contributed by atoms with Gasteiger partial charge in [-0.1, -0.05) is 28.1 Å². The minimum Gasteiger partial charge on any atom is -0.440 e. The molecule has 2 aromatic carbocycles. The van der Waals surface area contributed by atoms with Crippen LogP contribution in [0.15, 0.2) is 51.4 Å².